The highest BCUT2D eigenvalue weighted by molar-refractivity contribution is 7.92. The third kappa shape index (κ3) is 3.85. The number of amides is 1. The normalized spacial score (nSPS) is 14.3. The smallest absolute Gasteiger partial charge is 0.312 e. The SMILES string of the molecule is COc1ccc(S(=O)(=O)Nc2ccc(N3CCCC3=O)cc2)cc1[N+](=O)[O-]. The molecule has 0 bridgehead atoms. The van der Waals surface area contributed by atoms with Gasteiger partial charge in [-0.3, -0.25) is 19.6 Å². The summed E-state index contributed by atoms with van der Waals surface area (Å²) in [5.41, 5.74) is 0.535. The van der Waals surface area contributed by atoms with Gasteiger partial charge in [-0.1, -0.05) is 0 Å². The van der Waals surface area contributed by atoms with Gasteiger partial charge < -0.3 is 9.64 Å². The van der Waals surface area contributed by atoms with Gasteiger partial charge in [-0.05, 0) is 42.8 Å². The zero-order valence-electron chi connectivity index (χ0n) is 14.4. The van der Waals surface area contributed by atoms with Crippen LogP contribution in [0.5, 0.6) is 5.75 Å². The molecule has 27 heavy (non-hydrogen) atoms. The van der Waals surface area contributed by atoms with E-state index in [4.69, 9.17) is 4.74 Å². The molecule has 0 aromatic heterocycles. The van der Waals surface area contributed by atoms with Crippen molar-refractivity contribution >= 4 is 33.0 Å². The van der Waals surface area contributed by atoms with Crippen molar-refractivity contribution < 1.29 is 22.9 Å². The summed E-state index contributed by atoms with van der Waals surface area (Å²) in [4.78, 5) is 23.5. The van der Waals surface area contributed by atoms with E-state index in [2.05, 4.69) is 4.72 Å². The van der Waals surface area contributed by atoms with Gasteiger partial charge in [0, 0.05) is 30.4 Å². The standard InChI is InChI=1S/C17H17N3O6S/c1-26-16-9-8-14(11-15(16)20(22)23)27(24,25)18-12-4-6-13(7-5-12)19-10-2-3-17(19)21/h4-9,11,18H,2-3,10H2,1H3. The Labute approximate surface area is 155 Å². The number of anilines is 2. The third-order valence-corrected chi connectivity index (χ3v) is 5.54. The van der Waals surface area contributed by atoms with Crippen LogP contribution in [-0.2, 0) is 14.8 Å². The molecule has 0 aliphatic carbocycles. The Morgan fingerprint density at radius 1 is 1.19 bits per heavy atom. The fourth-order valence-corrected chi connectivity index (χ4v) is 3.90. The van der Waals surface area contributed by atoms with E-state index in [1.165, 1.54) is 31.4 Å². The number of benzene rings is 2. The summed E-state index contributed by atoms with van der Waals surface area (Å²) in [6.07, 6.45) is 1.30. The van der Waals surface area contributed by atoms with Crippen molar-refractivity contribution in [3.8, 4) is 5.75 Å². The maximum Gasteiger partial charge on any atom is 0.312 e. The van der Waals surface area contributed by atoms with Gasteiger partial charge in [0.05, 0.1) is 16.9 Å². The molecule has 1 fully saturated rings. The first kappa shape index (κ1) is 18.6. The lowest BCUT2D eigenvalue weighted by Gasteiger charge is -2.16. The van der Waals surface area contributed by atoms with E-state index >= 15 is 0 Å². The number of methoxy groups -OCH3 is 1. The average molecular weight is 391 g/mol. The summed E-state index contributed by atoms with van der Waals surface area (Å²) in [7, 11) is -2.76. The third-order valence-electron chi connectivity index (χ3n) is 4.16. The highest BCUT2D eigenvalue weighted by atomic mass is 32.2. The van der Waals surface area contributed by atoms with Crippen molar-refractivity contribution in [3.63, 3.8) is 0 Å². The molecule has 3 rings (SSSR count). The van der Waals surface area contributed by atoms with E-state index in [0.717, 1.165) is 12.5 Å². The van der Waals surface area contributed by atoms with Crippen LogP contribution in [0.25, 0.3) is 0 Å². The van der Waals surface area contributed by atoms with Crippen LogP contribution < -0.4 is 14.4 Å². The molecular weight excluding hydrogens is 374 g/mol. The highest BCUT2D eigenvalue weighted by Gasteiger charge is 2.23. The van der Waals surface area contributed by atoms with E-state index in [1.54, 1.807) is 17.0 Å². The van der Waals surface area contributed by atoms with E-state index in [9.17, 15) is 23.3 Å². The lowest BCUT2D eigenvalue weighted by atomic mass is 10.2. The summed E-state index contributed by atoms with van der Waals surface area (Å²) in [6, 6.07) is 9.78. The van der Waals surface area contributed by atoms with Gasteiger partial charge in [-0.2, -0.15) is 0 Å². The minimum Gasteiger partial charge on any atom is -0.490 e. The molecule has 0 atom stereocenters. The molecule has 1 heterocycles. The van der Waals surface area contributed by atoms with Gasteiger partial charge in [-0.25, -0.2) is 8.42 Å². The van der Waals surface area contributed by atoms with Gasteiger partial charge in [0.25, 0.3) is 10.0 Å². The topological polar surface area (TPSA) is 119 Å². The number of nitro groups is 1. The predicted molar refractivity (Wildman–Crippen MR) is 98.5 cm³/mol. The Morgan fingerprint density at radius 2 is 1.89 bits per heavy atom. The Balaban J connectivity index is 1.83. The second-order valence-electron chi connectivity index (χ2n) is 5.89. The van der Waals surface area contributed by atoms with Crippen molar-refractivity contribution in [2.24, 2.45) is 0 Å². The maximum absolute atomic E-state index is 12.5. The second-order valence-corrected chi connectivity index (χ2v) is 7.57. The maximum atomic E-state index is 12.5. The number of nitrogens with one attached hydrogen (secondary N) is 1. The number of nitrogens with zero attached hydrogens (tertiary/aromatic N) is 2. The second kappa shape index (κ2) is 7.23. The molecule has 0 spiro atoms. The number of rotatable bonds is 6. The minimum absolute atomic E-state index is 0.0291. The number of carbonyl (C=O) groups excluding carboxylic acids is 1. The molecule has 9 nitrogen and oxygen atoms in total. The van der Waals surface area contributed by atoms with Crippen molar-refractivity contribution in [2.45, 2.75) is 17.7 Å². The van der Waals surface area contributed by atoms with E-state index < -0.39 is 20.6 Å². The minimum atomic E-state index is -4.03. The number of hydrogen-bond acceptors (Lipinski definition) is 6. The van der Waals surface area contributed by atoms with Crippen LogP contribution in [0.2, 0.25) is 0 Å². The van der Waals surface area contributed by atoms with Gasteiger partial charge >= 0.3 is 5.69 Å². The van der Waals surface area contributed by atoms with Crippen LogP contribution in [0, 0.1) is 10.1 Å². The van der Waals surface area contributed by atoms with E-state index in [1.807, 2.05) is 0 Å². The van der Waals surface area contributed by atoms with Crippen molar-refractivity contribution in [1.29, 1.82) is 0 Å². The number of carbonyl (C=O) groups is 1. The van der Waals surface area contributed by atoms with Crippen LogP contribution in [0.3, 0.4) is 0 Å². The van der Waals surface area contributed by atoms with Crippen LogP contribution >= 0.6 is 0 Å². The number of nitro benzene ring substituents is 1. The Kier molecular flexibility index (Phi) is 5.00. The van der Waals surface area contributed by atoms with Crippen LogP contribution in [0.4, 0.5) is 17.1 Å². The van der Waals surface area contributed by atoms with E-state index in [-0.39, 0.29) is 22.2 Å². The molecule has 142 valence electrons. The van der Waals surface area contributed by atoms with Crippen molar-refractivity contribution in [3.05, 3.63) is 52.6 Å². The zero-order chi connectivity index (χ0) is 19.6. The summed E-state index contributed by atoms with van der Waals surface area (Å²) in [6.45, 7) is 0.638. The highest BCUT2D eigenvalue weighted by Crippen LogP contribution is 2.30. The van der Waals surface area contributed by atoms with Crippen molar-refractivity contribution in [1.82, 2.24) is 0 Å². The molecule has 0 unspecified atom stereocenters. The summed E-state index contributed by atoms with van der Waals surface area (Å²) in [5, 5.41) is 11.1. The summed E-state index contributed by atoms with van der Waals surface area (Å²) < 4.78 is 32.3. The van der Waals surface area contributed by atoms with Gasteiger partial charge in [0.2, 0.25) is 5.91 Å². The molecule has 2 aromatic carbocycles. The van der Waals surface area contributed by atoms with Gasteiger partial charge in [0.15, 0.2) is 5.75 Å². The quantitative estimate of drug-likeness (QED) is 0.597. The summed E-state index contributed by atoms with van der Waals surface area (Å²) in [5.74, 6) is 0.00690. The summed E-state index contributed by atoms with van der Waals surface area (Å²) >= 11 is 0. The average Bonchev–Trinajstić information content (AvgIpc) is 3.07. The first-order valence-electron chi connectivity index (χ1n) is 8.07. The first-order valence-corrected chi connectivity index (χ1v) is 9.56. The lowest BCUT2D eigenvalue weighted by Crippen LogP contribution is -2.23. The van der Waals surface area contributed by atoms with Crippen LogP contribution in [-0.4, -0.2) is 32.9 Å². The Hall–Kier alpha value is -3.14. The van der Waals surface area contributed by atoms with Gasteiger partial charge in [0.1, 0.15) is 0 Å². The van der Waals surface area contributed by atoms with Crippen molar-refractivity contribution in [2.75, 3.05) is 23.3 Å². The molecule has 1 aliphatic rings. The number of sulfonamides is 1. The molecule has 1 aliphatic heterocycles. The fraction of sp³-hybridized carbons (Fsp3) is 0.235. The number of ether oxygens (including phenoxy) is 1. The molecule has 1 amide bonds. The largest absolute Gasteiger partial charge is 0.490 e. The van der Waals surface area contributed by atoms with Crippen LogP contribution in [0.1, 0.15) is 12.8 Å². The molecule has 0 radical (unpaired) electrons. The Morgan fingerprint density at radius 3 is 2.44 bits per heavy atom. The van der Waals surface area contributed by atoms with Gasteiger partial charge in [-0.15, -0.1) is 0 Å². The lowest BCUT2D eigenvalue weighted by molar-refractivity contribution is -0.386. The Bertz CT molecular complexity index is 988. The molecule has 0 saturated carbocycles. The van der Waals surface area contributed by atoms with E-state index in [0.29, 0.717) is 18.7 Å². The predicted octanol–water partition coefficient (Wildman–Crippen LogP) is 2.53. The first-order chi connectivity index (χ1) is 12.8. The molecule has 1 N–H and O–H groups in total. The fourth-order valence-electron chi connectivity index (χ4n) is 2.82. The molecule has 2 aromatic rings. The monoisotopic (exact) mass is 391 g/mol. The number of hydrogen-bond donors (Lipinski definition) is 1. The van der Waals surface area contributed by atoms with Crippen LogP contribution in [0.15, 0.2) is 47.4 Å². The molecule has 10 heteroatoms. The zero-order valence-corrected chi connectivity index (χ0v) is 15.2. The molecule has 1 saturated heterocycles. The molecular formula is C17H17N3O6S.